The Morgan fingerprint density at radius 3 is 2.61 bits per heavy atom. The average Bonchev–Trinajstić information content (AvgIpc) is 2.68. The second-order valence-electron chi connectivity index (χ2n) is 7.06. The van der Waals surface area contributed by atoms with Gasteiger partial charge in [-0.3, -0.25) is 19.6 Å². The zero-order valence-corrected chi connectivity index (χ0v) is 16.0. The Morgan fingerprint density at radius 1 is 1.04 bits per heavy atom. The number of ketones is 1. The summed E-state index contributed by atoms with van der Waals surface area (Å²) in [5.74, 6) is -0.222. The molecule has 0 atom stereocenters. The Labute approximate surface area is 163 Å². The highest BCUT2D eigenvalue weighted by atomic mass is 16.1. The minimum absolute atomic E-state index is 0.0578. The van der Waals surface area contributed by atoms with E-state index in [1.54, 1.807) is 24.5 Å². The van der Waals surface area contributed by atoms with E-state index in [1.807, 2.05) is 38.1 Å². The van der Waals surface area contributed by atoms with Crippen molar-refractivity contribution in [2.24, 2.45) is 0 Å². The molecule has 0 aliphatic heterocycles. The molecule has 5 heteroatoms. The minimum Gasteiger partial charge on any atom is -0.321 e. The molecule has 0 saturated carbocycles. The lowest BCUT2D eigenvalue weighted by molar-refractivity contribution is 0.0972. The summed E-state index contributed by atoms with van der Waals surface area (Å²) in [6, 6.07) is 11.4. The average molecular weight is 371 g/mol. The number of amides is 1. The summed E-state index contributed by atoms with van der Waals surface area (Å²) in [5.41, 5.74) is 5.70. The lowest BCUT2D eigenvalue weighted by Crippen LogP contribution is -2.22. The van der Waals surface area contributed by atoms with Gasteiger partial charge in [0, 0.05) is 23.7 Å². The quantitative estimate of drug-likeness (QED) is 0.734. The summed E-state index contributed by atoms with van der Waals surface area (Å²) < 4.78 is 0. The number of nitrogens with zero attached hydrogens (tertiary/aromatic N) is 2. The van der Waals surface area contributed by atoms with Crippen LogP contribution in [0.25, 0.3) is 11.1 Å². The molecular formula is C23H21N3O2. The highest BCUT2D eigenvalue weighted by molar-refractivity contribution is 6.15. The van der Waals surface area contributed by atoms with Gasteiger partial charge in [-0.2, -0.15) is 0 Å². The molecule has 0 radical (unpaired) electrons. The first-order chi connectivity index (χ1) is 13.6. The number of pyridine rings is 2. The molecule has 1 aliphatic rings. The van der Waals surface area contributed by atoms with Crippen LogP contribution >= 0.6 is 0 Å². The molecule has 2 aromatic heterocycles. The third-order valence-corrected chi connectivity index (χ3v) is 5.11. The molecule has 0 unspecified atom stereocenters. The largest absolute Gasteiger partial charge is 0.321 e. The van der Waals surface area contributed by atoms with Crippen molar-refractivity contribution in [3.63, 3.8) is 0 Å². The van der Waals surface area contributed by atoms with E-state index < -0.39 is 0 Å². The Balaban J connectivity index is 1.95. The lowest BCUT2D eigenvalue weighted by atomic mass is 9.83. The Kier molecular flexibility index (Phi) is 4.74. The molecular weight excluding hydrogens is 350 g/mol. The summed E-state index contributed by atoms with van der Waals surface area (Å²) in [6.45, 7) is 3.83. The first-order valence-corrected chi connectivity index (χ1v) is 9.40. The van der Waals surface area contributed by atoms with Crippen molar-refractivity contribution in [3.05, 3.63) is 76.9 Å². The zero-order chi connectivity index (χ0) is 19.7. The summed E-state index contributed by atoms with van der Waals surface area (Å²) in [6.07, 6.45) is 5.29. The van der Waals surface area contributed by atoms with Gasteiger partial charge in [-0.05, 0) is 49.9 Å². The molecule has 1 amide bonds. The number of hydrogen-bond acceptors (Lipinski definition) is 4. The maximum Gasteiger partial charge on any atom is 0.258 e. The number of carbonyl (C=O) groups excluding carboxylic acids is 2. The molecule has 1 N–H and O–H groups in total. The molecule has 3 aromatic rings. The van der Waals surface area contributed by atoms with Gasteiger partial charge in [0.2, 0.25) is 0 Å². The van der Waals surface area contributed by atoms with Crippen LogP contribution in [-0.4, -0.2) is 21.7 Å². The molecule has 1 aliphatic carbocycles. The highest BCUT2D eigenvalue weighted by Crippen LogP contribution is 2.37. The van der Waals surface area contributed by atoms with Crippen molar-refractivity contribution >= 4 is 17.4 Å². The van der Waals surface area contributed by atoms with Crippen LogP contribution in [0.3, 0.4) is 0 Å². The SMILES string of the molecule is Cc1ccccc1-c1c(C(=O)Nc2cccnc2)c(C)nc2c1C(=O)CCC2. The van der Waals surface area contributed by atoms with Gasteiger partial charge in [0.05, 0.1) is 28.8 Å². The van der Waals surface area contributed by atoms with Crippen LogP contribution in [0.5, 0.6) is 0 Å². The first-order valence-electron chi connectivity index (χ1n) is 9.40. The van der Waals surface area contributed by atoms with Crippen LogP contribution in [0.1, 0.15) is 50.5 Å². The number of Topliss-reactive ketones (excluding diaryl/α,β-unsaturated/α-hetero) is 1. The predicted octanol–water partition coefficient (Wildman–Crippen LogP) is 4.53. The van der Waals surface area contributed by atoms with E-state index in [0.717, 1.165) is 29.7 Å². The van der Waals surface area contributed by atoms with E-state index in [9.17, 15) is 9.59 Å². The standard InChI is InChI=1S/C23H21N3O2/c1-14-7-3-4-9-17(14)21-20(23(28)26-16-8-6-12-24-13-16)15(2)25-18-10-5-11-19(27)22(18)21/h3-4,6-9,12-13H,5,10-11H2,1-2H3,(H,26,28). The Bertz CT molecular complexity index is 1070. The number of aromatic nitrogens is 2. The summed E-state index contributed by atoms with van der Waals surface area (Å²) >= 11 is 0. The van der Waals surface area contributed by atoms with Gasteiger partial charge in [0.1, 0.15) is 0 Å². The number of hydrogen-bond donors (Lipinski definition) is 1. The molecule has 2 heterocycles. The Hall–Kier alpha value is -3.34. The van der Waals surface area contributed by atoms with Crippen molar-refractivity contribution in [3.8, 4) is 11.1 Å². The molecule has 1 aromatic carbocycles. The van der Waals surface area contributed by atoms with Gasteiger partial charge in [0.25, 0.3) is 5.91 Å². The van der Waals surface area contributed by atoms with E-state index in [2.05, 4.69) is 15.3 Å². The first kappa shape index (κ1) is 18.0. The van der Waals surface area contributed by atoms with E-state index in [0.29, 0.717) is 34.5 Å². The van der Waals surface area contributed by atoms with Crippen LogP contribution in [0.4, 0.5) is 5.69 Å². The van der Waals surface area contributed by atoms with E-state index >= 15 is 0 Å². The van der Waals surface area contributed by atoms with Crippen LogP contribution in [0.15, 0.2) is 48.8 Å². The second kappa shape index (κ2) is 7.35. The van der Waals surface area contributed by atoms with E-state index in [-0.39, 0.29) is 11.7 Å². The molecule has 0 spiro atoms. The fraction of sp³-hybridized carbons (Fsp3) is 0.217. The van der Waals surface area contributed by atoms with Crippen LogP contribution < -0.4 is 5.32 Å². The number of benzene rings is 1. The fourth-order valence-electron chi connectivity index (χ4n) is 3.82. The van der Waals surface area contributed by atoms with Crippen molar-refractivity contribution in [1.82, 2.24) is 9.97 Å². The van der Waals surface area contributed by atoms with Gasteiger partial charge >= 0.3 is 0 Å². The highest BCUT2D eigenvalue weighted by Gasteiger charge is 2.29. The molecule has 28 heavy (non-hydrogen) atoms. The molecule has 0 bridgehead atoms. The number of fused-ring (bicyclic) bond motifs is 1. The molecule has 4 rings (SSSR count). The van der Waals surface area contributed by atoms with Gasteiger partial charge in [-0.15, -0.1) is 0 Å². The van der Waals surface area contributed by atoms with Crippen molar-refractivity contribution in [2.45, 2.75) is 33.1 Å². The minimum atomic E-state index is -0.280. The molecule has 0 saturated heterocycles. The monoisotopic (exact) mass is 371 g/mol. The summed E-state index contributed by atoms with van der Waals surface area (Å²) in [5, 5.41) is 2.90. The van der Waals surface area contributed by atoms with Gasteiger partial charge in [-0.1, -0.05) is 24.3 Å². The summed E-state index contributed by atoms with van der Waals surface area (Å²) in [7, 11) is 0. The number of carbonyl (C=O) groups is 2. The molecule has 5 nitrogen and oxygen atoms in total. The van der Waals surface area contributed by atoms with E-state index in [4.69, 9.17) is 0 Å². The molecule has 0 fully saturated rings. The smallest absolute Gasteiger partial charge is 0.258 e. The summed E-state index contributed by atoms with van der Waals surface area (Å²) in [4.78, 5) is 34.8. The van der Waals surface area contributed by atoms with Gasteiger partial charge in [-0.25, -0.2) is 0 Å². The van der Waals surface area contributed by atoms with Gasteiger partial charge < -0.3 is 5.32 Å². The van der Waals surface area contributed by atoms with Crippen LogP contribution in [-0.2, 0) is 6.42 Å². The number of aryl methyl sites for hydroxylation is 3. The maximum atomic E-state index is 13.2. The third-order valence-electron chi connectivity index (χ3n) is 5.11. The Morgan fingerprint density at radius 2 is 1.86 bits per heavy atom. The van der Waals surface area contributed by atoms with Crippen LogP contribution in [0, 0.1) is 13.8 Å². The second-order valence-corrected chi connectivity index (χ2v) is 7.06. The van der Waals surface area contributed by atoms with E-state index in [1.165, 1.54) is 0 Å². The number of nitrogens with one attached hydrogen (secondary N) is 1. The topological polar surface area (TPSA) is 72.0 Å². The zero-order valence-electron chi connectivity index (χ0n) is 16.0. The fourth-order valence-corrected chi connectivity index (χ4v) is 3.82. The predicted molar refractivity (Wildman–Crippen MR) is 109 cm³/mol. The van der Waals surface area contributed by atoms with Crippen molar-refractivity contribution in [1.29, 1.82) is 0 Å². The van der Waals surface area contributed by atoms with Crippen molar-refractivity contribution < 1.29 is 9.59 Å². The number of anilines is 1. The number of rotatable bonds is 3. The maximum absolute atomic E-state index is 13.2. The third kappa shape index (κ3) is 3.20. The lowest BCUT2D eigenvalue weighted by Gasteiger charge is -2.23. The van der Waals surface area contributed by atoms with Crippen LogP contribution in [0.2, 0.25) is 0 Å². The van der Waals surface area contributed by atoms with Gasteiger partial charge in [0.15, 0.2) is 5.78 Å². The normalized spacial score (nSPS) is 13.1. The molecule has 140 valence electrons. The van der Waals surface area contributed by atoms with Crippen molar-refractivity contribution in [2.75, 3.05) is 5.32 Å².